The molecule has 0 amide bonds. The number of aliphatic hydroxyl groups is 1. The van der Waals surface area contributed by atoms with E-state index in [2.05, 4.69) is 5.10 Å². The van der Waals surface area contributed by atoms with Crippen molar-refractivity contribution in [3.8, 4) is 0 Å². The summed E-state index contributed by atoms with van der Waals surface area (Å²) in [5, 5.41) is 15.7. The molecule has 1 N–H and O–H groups in total. The van der Waals surface area contributed by atoms with Gasteiger partial charge in [-0.05, 0) is 23.8 Å². The van der Waals surface area contributed by atoms with Gasteiger partial charge in [-0.2, -0.15) is 5.10 Å². The molecule has 3 rings (SSSR count). The number of benzene rings is 2. The average Bonchev–Trinajstić information content (AvgIpc) is 2.79. The summed E-state index contributed by atoms with van der Waals surface area (Å²) < 4.78 is 14.6. The van der Waals surface area contributed by atoms with Gasteiger partial charge in [0.05, 0.1) is 11.2 Å². The Hall–Kier alpha value is -2.20. The van der Waals surface area contributed by atoms with E-state index in [9.17, 15) is 9.50 Å². The highest BCUT2D eigenvalue weighted by Crippen LogP contribution is 2.25. The van der Waals surface area contributed by atoms with Gasteiger partial charge in [0.15, 0.2) is 0 Å². The fourth-order valence-electron chi connectivity index (χ4n) is 2.43. The molecule has 0 aliphatic heterocycles. The minimum Gasteiger partial charge on any atom is -0.386 e. The molecule has 1 heterocycles. The average molecular weight is 270 g/mol. The molecule has 0 aliphatic rings. The first-order chi connectivity index (χ1) is 9.65. The molecule has 1 atom stereocenters. The van der Waals surface area contributed by atoms with E-state index in [1.807, 2.05) is 31.3 Å². The molecule has 20 heavy (non-hydrogen) atoms. The topological polar surface area (TPSA) is 38.0 Å². The third-order valence-electron chi connectivity index (χ3n) is 3.44. The van der Waals surface area contributed by atoms with E-state index in [0.29, 0.717) is 12.1 Å². The van der Waals surface area contributed by atoms with Crippen LogP contribution in [0.4, 0.5) is 4.39 Å². The van der Waals surface area contributed by atoms with Crippen LogP contribution in [0.25, 0.3) is 10.9 Å². The van der Waals surface area contributed by atoms with E-state index in [1.165, 1.54) is 12.1 Å². The van der Waals surface area contributed by atoms with E-state index in [-0.39, 0.29) is 5.82 Å². The molecular formula is C16H15FN2O. The predicted octanol–water partition coefficient (Wildman–Crippen LogP) is 2.99. The second-order valence-corrected chi connectivity index (χ2v) is 4.87. The third kappa shape index (κ3) is 2.30. The van der Waals surface area contributed by atoms with Crippen molar-refractivity contribution in [3.05, 3.63) is 65.6 Å². The number of aromatic nitrogens is 2. The normalized spacial score (nSPS) is 12.8. The van der Waals surface area contributed by atoms with Crippen LogP contribution in [0.15, 0.2) is 48.5 Å². The lowest BCUT2D eigenvalue weighted by atomic mass is 10.0. The third-order valence-corrected chi connectivity index (χ3v) is 3.44. The van der Waals surface area contributed by atoms with Gasteiger partial charge in [0.1, 0.15) is 11.9 Å². The summed E-state index contributed by atoms with van der Waals surface area (Å²) in [6.07, 6.45) is -0.284. The molecule has 0 radical (unpaired) electrons. The van der Waals surface area contributed by atoms with Gasteiger partial charge in [-0.25, -0.2) is 4.39 Å². The van der Waals surface area contributed by atoms with Crippen LogP contribution in [0.2, 0.25) is 0 Å². The van der Waals surface area contributed by atoms with Crippen LogP contribution in [0, 0.1) is 5.82 Å². The van der Waals surface area contributed by atoms with E-state index < -0.39 is 6.10 Å². The lowest BCUT2D eigenvalue weighted by Crippen LogP contribution is -2.04. The lowest BCUT2D eigenvalue weighted by Gasteiger charge is -2.08. The van der Waals surface area contributed by atoms with Gasteiger partial charge in [0.2, 0.25) is 0 Å². The smallest absolute Gasteiger partial charge is 0.123 e. The molecule has 3 nitrogen and oxygen atoms in total. The maximum Gasteiger partial charge on any atom is 0.123 e. The number of hydrogen-bond acceptors (Lipinski definition) is 2. The second-order valence-electron chi connectivity index (χ2n) is 4.87. The number of para-hydroxylation sites is 1. The molecule has 0 saturated carbocycles. The maximum absolute atomic E-state index is 12.9. The van der Waals surface area contributed by atoms with Crippen molar-refractivity contribution in [3.63, 3.8) is 0 Å². The van der Waals surface area contributed by atoms with Crippen molar-refractivity contribution in [1.82, 2.24) is 9.78 Å². The Morgan fingerprint density at radius 3 is 2.60 bits per heavy atom. The van der Waals surface area contributed by atoms with E-state index in [1.54, 1.807) is 16.8 Å². The maximum atomic E-state index is 12.9. The van der Waals surface area contributed by atoms with Gasteiger partial charge >= 0.3 is 0 Å². The van der Waals surface area contributed by atoms with Gasteiger partial charge in [0.25, 0.3) is 0 Å². The highest BCUT2D eigenvalue weighted by atomic mass is 19.1. The Balaban J connectivity index is 1.92. The van der Waals surface area contributed by atoms with Crippen LogP contribution in [0.5, 0.6) is 0 Å². The fraction of sp³-hybridized carbons (Fsp3) is 0.188. The summed E-state index contributed by atoms with van der Waals surface area (Å²) in [7, 11) is 1.86. The fourth-order valence-corrected chi connectivity index (χ4v) is 2.43. The summed E-state index contributed by atoms with van der Waals surface area (Å²) >= 11 is 0. The Morgan fingerprint density at radius 1 is 1.15 bits per heavy atom. The number of hydrogen-bond donors (Lipinski definition) is 1. The molecule has 102 valence electrons. The Morgan fingerprint density at radius 2 is 1.85 bits per heavy atom. The zero-order chi connectivity index (χ0) is 14.1. The molecule has 4 heteroatoms. The van der Waals surface area contributed by atoms with E-state index >= 15 is 0 Å². The molecule has 2 aromatic carbocycles. The van der Waals surface area contributed by atoms with Gasteiger partial charge < -0.3 is 5.11 Å². The minimum atomic E-state index is -0.702. The molecule has 3 aromatic rings. The highest BCUT2D eigenvalue weighted by molar-refractivity contribution is 5.82. The quantitative estimate of drug-likeness (QED) is 0.794. The number of aliphatic hydroxyl groups excluding tert-OH is 1. The summed E-state index contributed by atoms with van der Waals surface area (Å²) in [5.41, 5.74) is 2.53. The first-order valence-electron chi connectivity index (χ1n) is 6.49. The van der Waals surface area contributed by atoms with Crippen molar-refractivity contribution in [2.75, 3.05) is 0 Å². The van der Waals surface area contributed by atoms with Crippen LogP contribution in [0.1, 0.15) is 17.4 Å². The summed E-state index contributed by atoms with van der Waals surface area (Å²) in [4.78, 5) is 0. The molecule has 0 spiro atoms. The Kier molecular flexibility index (Phi) is 3.24. The van der Waals surface area contributed by atoms with Crippen molar-refractivity contribution in [2.45, 2.75) is 12.5 Å². The van der Waals surface area contributed by atoms with Crippen LogP contribution < -0.4 is 0 Å². The van der Waals surface area contributed by atoms with Crippen LogP contribution >= 0.6 is 0 Å². The number of fused-ring (bicyclic) bond motifs is 1. The summed E-state index contributed by atoms with van der Waals surface area (Å²) in [6.45, 7) is 0. The Labute approximate surface area is 116 Å². The molecule has 0 aliphatic carbocycles. The largest absolute Gasteiger partial charge is 0.386 e. The standard InChI is InChI=1S/C16H15FN2O/c1-19-14-5-3-2-4-13(14)16(18-19)15(20)10-11-6-8-12(17)9-7-11/h2-9,15,20H,10H2,1H3. The SMILES string of the molecule is Cn1nc(C(O)Cc2ccc(F)cc2)c2ccccc21. The summed E-state index contributed by atoms with van der Waals surface area (Å²) in [5.74, 6) is -0.272. The summed E-state index contributed by atoms with van der Waals surface area (Å²) in [6, 6.07) is 14.0. The zero-order valence-corrected chi connectivity index (χ0v) is 11.1. The van der Waals surface area contributed by atoms with Crippen LogP contribution in [-0.4, -0.2) is 14.9 Å². The second kappa shape index (κ2) is 5.06. The molecule has 0 bridgehead atoms. The van der Waals surface area contributed by atoms with Gasteiger partial charge in [-0.1, -0.05) is 30.3 Å². The number of aryl methyl sites for hydroxylation is 1. The van der Waals surface area contributed by atoms with Crippen molar-refractivity contribution >= 4 is 10.9 Å². The predicted molar refractivity (Wildman–Crippen MR) is 75.8 cm³/mol. The van der Waals surface area contributed by atoms with Crippen LogP contribution in [0.3, 0.4) is 0 Å². The lowest BCUT2D eigenvalue weighted by molar-refractivity contribution is 0.174. The molecule has 1 aromatic heterocycles. The van der Waals surface area contributed by atoms with Crippen molar-refractivity contribution in [1.29, 1.82) is 0 Å². The van der Waals surface area contributed by atoms with E-state index in [4.69, 9.17) is 0 Å². The molecule has 0 saturated heterocycles. The first kappa shape index (κ1) is 12.8. The van der Waals surface area contributed by atoms with Crippen LogP contribution in [-0.2, 0) is 13.5 Å². The first-order valence-corrected chi connectivity index (χ1v) is 6.49. The number of rotatable bonds is 3. The number of halogens is 1. The molecule has 1 unspecified atom stereocenters. The number of nitrogens with zero attached hydrogens (tertiary/aromatic N) is 2. The zero-order valence-electron chi connectivity index (χ0n) is 11.1. The Bertz CT molecular complexity index is 734. The van der Waals surface area contributed by atoms with E-state index in [0.717, 1.165) is 16.5 Å². The van der Waals surface area contributed by atoms with Crippen molar-refractivity contribution < 1.29 is 9.50 Å². The van der Waals surface area contributed by atoms with Gasteiger partial charge in [-0.15, -0.1) is 0 Å². The minimum absolute atomic E-state index is 0.272. The molecule has 0 fully saturated rings. The van der Waals surface area contributed by atoms with Crippen molar-refractivity contribution in [2.24, 2.45) is 7.05 Å². The monoisotopic (exact) mass is 270 g/mol. The highest BCUT2D eigenvalue weighted by Gasteiger charge is 2.16. The van der Waals surface area contributed by atoms with Gasteiger partial charge in [-0.3, -0.25) is 4.68 Å². The molecular weight excluding hydrogens is 255 g/mol. The van der Waals surface area contributed by atoms with Gasteiger partial charge in [0, 0.05) is 18.9 Å².